The number of carbonyl (C=O) groups is 2. The normalized spacial score (nSPS) is 19.1. The molecule has 0 aliphatic heterocycles. The summed E-state index contributed by atoms with van der Waals surface area (Å²) in [5, 5.41) is 6.63. The number of hydrogen-bond acceptors (Lipinski definition) is 6. The van der Waals surface area contributed by atoms with Crippen molar-refractivity contribution in [3.63, 3.8) is 0 Å². The third kappa shape index (κ3) is 9.94. The Hall–Kier alpha value is -1.14. The van der Waals surface area contributed by atoms with Crippen LogP contribution in [0.2, 0.25) is 0 Å². The van der Waals surface area contributed by atoms with E-state index in [0.29, 0.717) is 6.42 Å². The number of rotatable bonds is 11. The van der Waals surface area contributed by atoms with E-state index in [1.807, 2.05) is 55.4 Å². The predicted octanol–water partition coefficient (Wildman–Crippen LogP) is 3.96. The molecule has 2 unspecified atom stereocenters. The molecule has 0 spiro atoms. The van der Waals surface area contributed by atoms with E-state index in [-0.39, 0.29) is 47.7 Å². The highest BCUT2D eigenvalue weighted by Crippen LogP contribution is 2.21. The summed E-state index contributed by atoms with van der Waals surface area (Å²) in [5.41, 5.74) is -0.372. The van der Waals surface area contributed by atoms with Gasteiger partial charge in [0.2, 0.25) is 0 Å². The van der Waals surface area contributed by atoms with Gasteiger partial charge in [-0.2, -0.15) is 0 Å². The molecular formula is C23H44N2O4. The number of esters is 2. The number of nitrogens with one attached hydrogen (secondary N) is 2. The molecule has 0 bridgehead atoms. The Morgan fingerprint density at radius 2 is 1.55 bits per heavy atom. The van der Waals surface area contributed by atoms with Crippen LogP contribution < -0.4 is 10.6 Å². The maximum atomic E-state index is 12.6. The fraction of sp³-hybridized carbons (Fsp3) is 0.913. The summed E-state index contributed by atoms with van der Waals surface area (Å²) in [5.74, 6) is -0.268. The van der Waals surface area contributed by atoms with E-state index in [9.17, 15) is 9.59 Å². The molecule has 0 aromatic carbocycles. The Labute approximate surface area is 177 Å². The highest BCUT2D eigenvalue weighted by atomic mass is 16.5. The molecule has 1 aliphatic carbocycles. The van der Waals surface area contributed by atoms with Crippen molar-refractivity contribution in [2.75, 3.05) is 0 Å². The SMILES string of the molecule is CC(C)NC(C(=O)OC(C)CC(C)(C)N[C@@H](C)C(=O)OC1CCCCC1)C(C)C. The third-order valence-corrected chi connectivity index (χ3v) is 5.34. The van der Waals surface area contributed by atoms with Crippen molar-refractivity contribution in [3.8, 4) is 0 Å². The fourth-order valence-electron chi connectivity index (χ4n) is 4.08. The van der Waals surface area contributed by atoms with Crippen molar-refractivity contribution in [3.05, 3.63) is 0 Å². The first-order chi connectivity index (χ1) is 13.4. The Kier molecular flexibility index (Phi) is 10.6. The molecular weight excluding hydrogens is 368 g/mol. The van der Waals surface area contributed by atoms with E-state index < -0.39 is 6.04 Å². The van der Waals surface area contributed by atoms with Crippen LogP contribution in [0.3, 0.4) is 0 Å². The standard InChI is InChI=1S/C23H44N2O4/c1-15(2)20(24-16(3)4)22(27)28-17(5)14-23(7,8)25-18(6)21(26)29-19-12-10-9-11-13-19/h15-20,24-25H,9-14H2,1-8H3/t17?,18-,20?/m0/s1. The Morgan fingerprint density at radius 1 is 0.966 bits per heavy atom. The minimum Gasteiger partial charge on any atom is -0.461 e. The van der Waals surface area contributed by atoms with E-state index in [0.717, 1.165) is 25.7 Å². The van der Waals surface area contributed by atoms with Crippen LogP contribution in [0.1, 0.15) is 93.9 Å². The smallest absolute Gasteiger partial charge is 0.323 e. The summed E-state index contributed by atoms with van der Waals surface area (Å²) >= 11 is 0. The highest BCUT2D eigenvalue weighted by molar-refractivity contribution is 5.76. The summed E-state index contributed by atoms with van der Waals surface area (Å²) in [6.07, 6.45) is 5.84. The Morgan fingerprint density at radius 3 is 2.07 bits per heavy atom. The summed E-state index contributed by atoms with van der Waals surface area (Å²) in [6.45, 7) is 15.8. The lowest BCUT2D eigenvalue weighted by molar-refractivity contribution is -0.155. The van der Waals surface area contributed by atoms with Crippen LogP contribution in [0.15, 0.2) is 0 Å². The lowest BCUT2D eigenvalue weighted by Crippen LogP contribution is -2.51. The van der Waals surface area contributed by atoms with E-state index in [1.165, 1.54) is 6.42 Å². The van der Waals surface area contributed by atoms with Gasteiger partial charge in [0.1, 0.15) is 24.3 Å². The van der Waals surface area contributed by atoms with Crippen molar-refractivity contribution in [1.29, 1.82) is 0 Å². The summed E-state index contributed by atoms with van der Waals surface area (Å²) < 4.78 is 11.4. The van der Waals surface area contributed by atoms with Crippen molar-refractivity contribution < 1.29 is 19.1 Å². The fourth-order valence-corrected chi connectivity index (χ4v) is 4.08. The molecule has 1 fully saturated rings. The largest absolute Gasteiger partial charge is 0.461 e. The Bertz CT molecular complexity index is 513. The van der Waals surface area contributed by atoms with Crippen LogP contribution in [-0.2, 0) is 19.1 Å². The second-order valence-corrected chi connectivity index (χ2v) is 9.94. The van der Waals surface area contributed by atoms with Gasteiger partial charge in [-0.3, -0.25) is 14.9 Å². The molecule has 0 heterocycles. The number of ether oxygens (including phenoxy) is 2. The molecule has 1 rings (SSSR count). The Balaban J connectivity index is 2.52. The van der Waals surface area contributed by atoms with Gasteiger partial charge in [-0.25, -0.2) is 0 Å². The molecule has 0 saturated heterocycles. The van der Waals surface area contributed by atoms with Crippen LogP contribution in [-0.4, -0.2) is 47.8 Å². The van der Waals surface area contributed by atoms with Gasteiger partial charge in [0.15, 0.2) is 0 Å². The summed E-state index contributed by atoms with van der Waals surface area (Å²) in [4.78, 5) is 25.0. The highest BCUT2D eigenvalue weighted by Gasteiger charge is 2.31. The number of carbonyl (C=O) groups excluding carboxylic acids is 2. The van der Waals surface area contributed by atoms with Crippen molar-refractivity contribution in [1.82, 2.24) is 10.6 Å². The van der Waals surface area contributed by atoms with Gasteiger partial charge in [0, 0.05) is 18.0 Å². The minimum absolute atomic E-state index is 0.0601. The molecule has 1 saturated carbocycles. The topological polar surface area (TPSA) is 76.7 Å². The zero-order chi connectivity index (χ0) is 22.2. The van der Waals surface area contributed by atoms with Gasteiger partial charge >= 0.3 is 11.9 Å². The maximum Gasteiger partial charge on any atom is 0.323 e. The van der Waals surface area contributed by atoms with Gasteiger partial charge in [-0.15, -0.1) is 0 Å². The molecule has 3 atom stereocenters. The van der Waals surface area contributed by atoms with Crippen LogP contribution in [0.5, 0.6) is 0 Å². The van der Waals surface area contributed by atoms with Gasteiger partial charge < -0.3 is 14.8 Å². The zero-order valence-corrected chi connectivity index (χ0v) is 19.8. The molecule has 0 amide bonds. The van der Waals surface area contributed by atoms with E-state index in [1.54, 1.807) is 0 Å². The van der Waals surface area contributed by atoms with Gasteiger partial charge in [0.05, 0.1) is 0 Å². The average Bonchev–Trinajstić information content (AvgIpc) is 2.58. The third-order valence-electron chi connectivity index (χ3n) is 5.34. The molecule has 29 heavy (non-hydrogen) atoms. The molecule has 0 radical (unpaired) electrons. The van der Waals surface area contributed by atoms with Crippen LogP contribution in [0.25, 0.3) is 0 Å². The van der Waals surface area contributed by atoms with Crippen molar-refractivity contribution >= 4 is 11.9 Å². The first-order valence-corrected chi connectivity index (χ1v) is 11.4. The first kappa shape index (κ1) is 25.9. The lowest BCUT2D eigenvalue weighted by atomic mass is 9.95. The second kappa shape index (κ2) is 11.9. The van der Waals surface area contributed by atoms with E-state index >= 15 is 0 Å². The summed E-state index contributed by atoms with van der Waals surface area (Å²) in [7, 11) is 0. The van der Waals surface area contributed by atoms with E-state index in [2.05, 4.69) is 10.6 Å². The quantitative estimate of drug-likeness (QED) is 0.500. The lowest BCUT2D eigenvalue weighted by Gasteiger charge is -2.33. The summed E-state index contributed by atoms with van der Waals surface area (Å²) in [6, 6.07) is -0.516. The van der Waals surface area contributed by atoms with Crippen molar-refractivity contribution in [2.24, 2.45) is 5.92 Å². The van der Waals surface area contributed by atoms with Crippen molar-refractivity contribution in [2.45, 2.75) is 130 Å². The first-order valence-electron chi connectivity index (χ1n) is 11.4. The van der Waals surface area contributed by atoms with Crippen LogP contribution in [0.4, 0.5) is 0 Å². The molecule has 0 aromatic rings. The van der Waals surface area contributed by atoms with Crippen LogP contribution in [0, 0.1) is 5.92 Å². The molecule has 1 aliphatic rings. The second-order valence-electron chi connectivity index (χ2n) is 9.94. The average molecular weight is 413 g/mol. The maximum absolute atomic E-state index is 12.6. The molecule has 6 heteroatoms. The molecule has 2 N–H and O–H groups in total. The predicted molar refractivity (Wildman–Crippen MR) is 117 cm³/mol. The van der Waals surface area contributed by atoms with E-state index in [4.69, 9.17) is 9.47 Å². The molecule has 170 valence electrons. The van der Waals surface area contributed by atoms with Crippen LogP contribution >= 0.6 is 0 Å². The minimum atomic E-state index is -0.402. The van der Waals surface area contributed by atoms with Gasteiger partial charge in [0.25, 0.3) is 0 Å². The van der Waals surface area contributed by atoms with Gasteiger partial charge in [-0.1, -0.05) is 34.1 Å². The number of hydrogen-bond donors (Lipinski definition) is 2. The zero-order valence-electron chi connectivity index (χ0n) is 19.8. The monoisotopic (exact) mass is 412 g/mol. The molecule has 0 aromatic heterocycles. The van der Waals surface area contributed by atoms with Gasteiger partial charge in [-0.05, 0) is 59.3 Å². The molecule has 6 nitrogen and oxygen atoms in total.